The Balaban J connectivity index is 5.24. The molecule has 7 atom stereocenters. The van der Waals surface area contributed by atoms with Crippen LogP contribution < -0.4 is 0 Å². The molecule has 4 unspecified atom stereocenters. The fraction of sp³-hybridized carbons (Fsp3) is 0.953. The fourth-order valence-corrected chi connectivity index (χ4v) is 14.9. The second kappa shape index (κ2) is 76.1. The van der Waals surface area contributed by atoms with Crippen LogP contribution in [0.15, 0.2) is 0 Å². The van der Waals surface area contributed by atoms with Crippen LogP contribution in [-0.4, -0.2) is 96.7 Å². The largest absolute Gasteiger partial charge is 0.472 e. The summed E-state index contributed by atoms with van der Waals surface area (Å²) in [6.07, 6.45) is 66.6. The maximum Gasteiger partial charge on any atom is 0.472 e. The van der Waals surface area contributed by atoms with Gasteiger partial charge in [0.05, 0.1) is 26.4 Å². The van der Waals surface area contributed by atoms with Gasteiger partial charge >= 0.3 is 39.5 Å². The zero-order chi connectivity index (χ0) is 77.2. The minimum absolute atomic E-state index is 0.107. The molecule has 0 aliphatic carbocycles. The molecular formula is C86H168O17P2. The van der Waals surface area contributed by atoms with Gasteiger partial charge in [0.1, 0.15) is 19.3 Å². The third-order valence-electron chi connectivity index (χ3n) is 20.9. The van der Waals surface area contributed by atoms with Gasteiger partial charge in [0.25, 0.3) is 0 Å². The molecule has 3 N–H and O–H groups in total. The molecule has 0 rings (SSSR count). The van der Waals surface area contributed by atoms with Crippen molar-refractivity contribution in [1.82, 2.24) is 0 Å². The number of aliphatic hydroxyl groups is 1. The summed E-state index contributed by atoms with van der Waals surface area (Å²) in [6.45, 7) is 12.0. The van der Waals surface area contributed by atoms with Gasteiger partial charge in [-0.25, -0.2) is 9.13 Å². The van der Waals surface area contributed by atoms with Gasteiger partial charge in [0.15, 0.2) is 12.2 Å². The molecule has 0 aromatic heterocycles. The lowest BCUT2D eigenvalue weighted by atomic mass is 9.99. The third-order valence-corrected chi connectivity index (χ3v) is 22.8. The number of phosphoric acid groups is 2. The molecule has 0 fully saturated rings. The molecule has 0 heterocycles. The predicted molar refractivity (Wildman–Crippen MR) is 432 cm³/mol. The third kappa shape index (κ3) is 77.2. The van der Waals surface area contributed by atoms with Crippen molar-refractivity contribution >= 4 is 39.5 Å². The first-order chi connectivity index (χ1) is 50.8. The van der Waals surface area contributed by atoms with Crippen molar-refractivity contribution in [3.05, 3.63) is 0 Å². The van der Waals surface area contributed by atoms with E-state index in [1.807, 2.05) is 0 Å². The van der Waals surface area contributed by atoms with Gasteiger partial charge in [0, 0.05) is 25.7 Å². The number of rotatable bonds is 84. The Morgan fingerprint density at radius 2 is 0.486 bits per heavy atom. The number of hydrogen-bond acceptors (Lipinski definition) is 15. The van der Waals surface area contributed by atoms with Crippen molar-refractivity contribution in [3.63, 3.8) is 0 Å². The number of unbranched alkanes of at least 4 members (excludes halogenated alkanes) is 50. The Bertz CT molecular complexity index is 2030. The van der Waals surface area contributed by atoms with E-state index in [1.165, 1.54) is 257 Å². The highest BCUT2D eigenvalue weighted by Crippen LogP contribution is 2.45. The van der Waals surface area contributed by atoms with E-state index in [-0.39, 0.29) is 25.7 Å². The molecule has 0 aliphatic heterocycles. The standard InChI is InChI=1S/C86H168O17P2/c1-8-11-12-13-14-15-16-17-18-19-20-21-24-31-36-41-46-55-62-69-85(90)102-81(73-96-83(88)67-60-53-45-40-35-30-25-22-23-28-33-38-43-50-57-64-77(4)5)75-100-104(92,93)98-71-80(87)72-99-105(94,95)101-76-82(74-97-84(89)68-61-54-49-48-52-59-66-79(7)10-3)103-86(91)70-63-56-47-42-37-32-27-26-29-34-39-44-51-58-65-78(6)9-2/h77-82,87H,8-76H2,1-7H3,(H,92,93)(H,94,95)/t78?,79?,80-,81-,82-/m1/s1. The van der Waals surface area contributed by atoms with E-state index in [2.05, 4.69) is 48.5 Å². The minimum atomic E-state index is -4.97. The molecule has 0 aromatic rings. The summed E-state index contributed by atoms with van der Waals surface area (Å²) in [5.74, 6) is 0.278. The fourth-order valence-electron chi connectivity index (χ4n) is 13.3. The van der Waals surface area contributed by atoms with Crippen LogP contribution in [0.25, 0.3) is 0 Å². The van der Waals surface area contributed by atoms with Crippen LogP contribution in [0, 0.1) is 17.8 Å². The van der Waals surface area contributed by atoms with E-state index in [0.717, 1.165) is 114 Å². The summed E-state index contributed by atoms with van der Waals surface area (Å²) >= 11 is 0. The van der Waals surface area contributed by atoms with Crippen LogP contribution in [0.3, 0.4) is 0 Å². The number of carbonyl (C=O) groups excluding carboxylic acids is 4. The number of phosphoric ester groups is 2. The monoisotopic (exact) mass is 1540 g/mol. The number of esters is 4. The second-order valence-electron chi connectivity index (χ2n) is 31.9. The van der Waals surface area contributed by atoms with E-state index in [9.17, 15) is 43.2 Å². The second-order valence-corrected chi connectivity index (χ2v) is 34.8. The first-order valence-electron chi connectivity index (χ1n) is 44.4. The predicted octanol–water partition coefficient (Wildman–Crippen LogP) is 26.1. The highest BCUT2D eigenvalue weighted by atomic mass is 31.2. The molecule has 0 aliphatic rings. The van der Waals surface area contributed by atoms with Crippen LogP contribution >= 0.6 is 15.6 Å². The molecule has 17 nitrogen and oxygen atoms in total. The van der Waals surface area contributed by atoms with E-state index in [1.54, 1.807) is 0 Å². The molecule has 0 saturated carbocycles. The summed E-state index contributed by atoms with van der Waals surface area (Å²) in [7, 11) is -9.93. The maximum atomic E-state index is 13.1. The van der Waals surface area contributed by atoms with Crippen molar-refractivity contribution in [2.75, 3.05) is 39.6 Å². The minimum Gasteiger partial charge on any atom is -0.462 e. The normalized spacial score (nSPS) is 14.4. The first kappa shape index (κ1) is 103. The van der Waals surface area contributed by atoms with Gasteiger partial charge in [-0.05, 0) is 43.4 Å². The van der Waals surface area contributed by atoms with E-state index >= 15 is 0 Å². The summed E-state index contributed by atoms with van der Waals surface area (Å²) in [5, 5.41) is 10.7. The van der Waals surface area contributed by atoms with Gasteiger partial charge in [-0.1, -0.05) is 402 Å². The Morgan fingerprint density at radius 1 is 0.276 bits per heavy atom. The number of aliphatic hydroxyl groups excluding tert-OH is 1. The van der Waals surface area contributed by atoms with Crippen LogP contribution in [0.4, 0.5) is 0 Å². The Labute approximate surface area is 645 Å². The van der Waals surface area contributed by atoms with Crippen LogP contribution in [0.2, 0.25) is 0 Å². The molecule has 0 radical (unpaired) electrons. The highest BCUT2D eigenvalue weighted by molar-refractivity contribution is 7.47. The molecule has 0 bridgehead atoms. The summed E-state index contributed by atoms with van der Waals surface area (Å²) < 4.78 is 68.9. The van der Waals surface area contributed by atoms with Gasteiger partial charge < -0.3 is 33.8 Å². The topological polar surface area (TPSA) is 237 Å². The Hall–Kier alpha value is -1.94. The van der Waals surface area contributed by atoms with Crippen molar-refractivity contribution in [3.8, 4) is 0 Å². The lowest BCUT2D eigenvalue weighted by Crippen LogP contribution is -2.30. The highest BCUT2D eigenvalue weighted by Gasteiger charge is 2.30. The van der Waals surface area contributed by atoms with Gasteiger partial charge in [-0.15, -0.1) is 0 Å². The van der Waals surface area contributed by atoms with Crippen molar-refractivity contribution in [2.24, 2.45) is 17.8 Å². The summed E-state index contributed by atoms with van der Waals surface area (Å²) in [4.78, 5) is 73.2. The summed E-state index contributed by atoms with van der Waals surface area (Å²) in [5.41, 5.74) is 0. The van der Waals surface area contributed by atoms with Crippen molar-refractivity contribution < 1.29 is 80.2 Å². The molecule has 105 heavy (non-hydrogen) atoms. The SMILES string of the molecule is CCCCCCCCCCCCCCCCCCCCCC(=O)O[C@H](COC(=O)CCCCCCCCCCCCCCCCCC(C)C)COP(=O)(O)OC[C@@H](O)COP(=O)(O)OC[C@@H](COC(=O)CCCCCCCCC(C)CC)OC(=O)CCCCCCCCCCCCCCCCC(C)CC. The number of carbonyl (C=O) groups is 4. The Kier molecular flexibility index (Phi) is 74.7. The quantitative estimate of drug-likeness (QED) is 0.0222. The van der Waals surface area contributed by atoms with E-state index < -0.39 is 97.5 Å². The zero-order valence-electron chi connectivity index (χ0n) is 69.2. The van der Waals surface area contributed by atoms with Crippen molar-refractivity contribution in [2.45, 2.75) is 471 Å². The molecule has 0 aromatic carbocycles. The Morgan fingerprint density at radius 3 is 0.724 bits per heavy atom. The number of hydrogen-bond donors (Lipinski definition) is 3. The number of ether oxygens (including phenoxy) is 4. The van der Waals surface area contributed by atoms with Crippen LogP contribution in [0.1, 0.15) is 453 Å². The first-order valence-corrected chi connectivity index (χ1v) is 47.4. The molecule has 0 amide bonds. The van der Waals surface area contributed by atoms with E-state index in [4.69, 9.17) is 37.0 Å². The molecule has 0 spiro atoms. The molecule has 624 valence electrons. The molecule has 0 saturated heterocycles. The zero-order valence-corrected chi connectivity index (χ0v) is 71.0. The van der Waals surface area contributed by atoms with Crippen molar-refractivity contribution in [1.29, 1.82) is 0 Å². The van der Waals surface area contributed by atoms with Gasteiger partial charge in [-0.3, -0.25) is 37.3 Å². The van der Waals surface area contributed by atoms with Crippen LogP contribution in [0.5, 0.6) is 0 Å². The average molecular weight is 1540 g/mol. The van der Waals surface area contributed by atoms with Gasteiger partial charge in [0.2, 0.25) is 0 Å². The maximum absolute atomic E-state index is 13.1. The molecular weight excluding hydrogens is 1370 g/mol. The van der Waals surface area contributed by atoms with Gasteiger partial charge in [-0.2, -0.15) is 0 Å². The molecule has 19 heteroatoms. The summed E-state index contributed by atoms with van der Waals surface area (Å²) in [6, 6.07) is 0. The lowest BCUT2D eigenvalue weighted by molar-refractivity contribution is -0.161. The van der Waals surface area contributed by atoms with Crippen LogP contribution in [-0.2, 0) is 65.4 Å². The lowest BCUT2D eigenvalue weighted by Gasteiger charge is -2.21. The smallest absolute Gasteiger partial charge is 0.462 e. The average Bonchev–Trinajstić information content (AvgIpc) is 0.927. The van der Waals surface area contributed by atoms with E-state index in [0.29, 0.717) is 25.7 Å².